The summed E-state index contributed by atoms with van der Waals surface area (Å²) in [6.07, 6.45) is -10.4. The van der Waals surface area contributed by atoms with Crippen LogP contribution in [0.15, 0.2) is 42.5 Å². The van der Waals surface area contributed by atoms with Crippen LogP contribution in [0.2, 0.25) is 0 Å². The predicted molar refractivity (Wildman–Crippen MR) is 99.1 cm³/mol. The van der Waals surface area contributed by atoms with Crippen LogP contribution in [0, 0.1) is 0 Å². The maximum Gasteiger partial charge on any atom is 0.430 e. The number of hydrogen-bond donors (Lipinski definition) is 0. The zero-order valence-electron chi connectivity index (χ0n) is 16.6. The molecule has 0 radical (unpaired) electrons. The number of carbonyl (C=O) groups is 1. The standard InChI is InChI=1S/C21H20F6O4/c1-3-4-15-11-16(19(20(22,23)24,21(25,26)27)30-13-29-2)7-10-18(15)31-17-8-5-14(12-28)6-9-17/h5-12H,3-4,13H2,1-2H3. The topological polar surface area (TPSA) is 44.8 Å². The Morgan fingerprint density at radius 1 is 0.935 bits per heavy atom. The third-order valence-corrected chi connectivity index (χ3v) is 4.42. The van der Waals surface area contributed by atoms with Crippen molar-refractivity contribution in [2.45, 2.75) is 37.7 Å². The Morgan fingerprint density at radius 3 is 2.03 bits per heavy atom. The number of alkyl halides is 6. The van der Waals surface area contributed by atoms with Crippen LogP contribution < -0.4 is 4.74 Å². The summed E-state index contributed by atoms with van der Waals surface area (Å²) in [5.74, 6) is 0.360. The number of ether oxygens (including phenoxy) is 3. The third-order valence-electron chi connectivity index (χ3n) is 4.42. The van der Waals surface area contributed by atoms with Gasteiger partial charge in [-0.2, -0.15) is 26.3 Å². The molecule has 0 spiro atoms. The van der Waals surface area contributed by atoms with Crippen LogP contribution in [0.25, 0.3) is 0 Å². The van der Waals surface area contributed by atoms with Gasteiger partial charge in [0.25, 0.3) is 5.60 Å². The van der Waals surface area contributed by atoms with Crippen molar-refractivity contribution in [3.63, 3.8) is 0 Å². The van der Waals surface area contributed by atoms with Gasteiger partial charge in [-0.05, 0) is 48.4 Å². The number of methoxy groups -OCH3 is 1. The molecule has 0 aromatic heterocycles. The minimum absolute atomic E-state index is 0.0921. The molecule has 2 rings (SSSR count). The van der Waals surface area contributed by atoms with Gasteiger partial charge in [-0.3, -0.25) is 4.79 Å². The van der Waals surface area contributed by atoms with E-state index in [0.717, 1.165) is 19.2 Å². The molecule has 0 bridgehead atoms. The van der Waals surface area contributed by atoms with E-state index < -0.39 is 30.3 Å². The van der Waals surface area contributed by atoms with Gasteiger partial charge < -0.3 is 14.2 Å². The molecule has 0 aliphatic rings. The highest BCUT2D eigenvalue weighted by Crippen LogP contribution is 2.53. The number of benzene rings is 2. The van der Waals surface area contributed by atoms with Gasteiger partial charge in [0.05, 0.1) is 0 Å². The molecular formula is C21H20F6O4. The van der Waals surface area contributed by atoms with Crippen LogP contribution in [-0.2, 0) is 21.5 Å². The zero-order valence-corrected chi connectivity index (χ0v) is 16.6. The maximum atomic E-state index is 13.8. The smallest absolute Gasteiger partial charge is 0.430 e. The molecule has 0 unspecified atom stereocenters. The van der Waals surface area contributed by atoms with Crippen molar-refractivity contribution in [2.24, 2.45) is 0 Å². The summed E-state index contributed by atoms with van der Waals surface area (Å²) in [6, 6.07) is 8.35. The van der Waals surface area contributed by atoms with E-state index in [1.807, 2.05) is 0 Å². The molecule has 10 heteroatoms. The molecule has 2 aromatic rings. The van der Waals surface area contributed by atoms with Crippen LogP contribution in [0.1, 0.15) is 34.8 Å². The highest BCUT2D eigenvalue weighted by Gasteiger charge is 2.73. The molecule has 170 valence electrons. The van der Waals surface area contributed by atoms with Gasteiger partial charge in [0.15, 0.2) is 0 Å². The predicted octanol–water partition coefficient (Wildman–Crippen LogP) is 6.18. The fourth-order valence-corrected chi connectivity index (χ4v) is 2.99. The Hall–Kier alpha value is -2.59. The number of rotatable bonds is 9. The summed E-state index contributed by atoms with van der Waals surface area (Å²) >= 11 is 0. The SMILES string of the molecule is CCCc1cc(C(OCOC)(C(F)(F)F)C(F)(F)F)ccc1Oc1ccc(C=O)cc1. The third kappa shape index (κ3) is 5.19. The molecule has 4 nitrogen and oxygen atoms in total. The highest BCUT2D eigenvalue weighted by atomic mass is 19.4. The number of aryl methyl sites for hydroxylation is 1. The number of halogens is 6. The van der Waals surface area contributed by atoms with E-state index in [1.54, 1.807) is 6.92 Å². The molecule has 0 fully saturated rings. The lowest BCUT2D eigenvalue weighted by Gasteiger charge is -2.37. The van der Waals surface area contributed by atoms with Crippen LogP contribution in [-0.4, -0.2) is 32.5 Å². The lowest BCUT2D eigenvalue weighted by molar-refractivity contribution is -0.400. The van der Waals surface area contributed by atoms with E-state index in [1.165, 1.54) is 24.3 Å². The number of aldehydes is 1. The van der Waals surface area contributed by atoms with Crippen molar-refractivity contribution in [3.8, 4) is 11.5 Å². The fraction of sp³-hybridized carbons (Fsp3) is 0.381. The first kappa shape index (κ1) is 24.7. The van der Waals surface area contributed by atoms with E-state index in [9.17, 15) is 31.1 Å². The first-order chi connectivity index (χ1) is 14.5. The minimum Gasteiger partial charge on any atom is -0.457 e. The summed E-state index contributed by atoms with van der Waals surface area (Å²) in [5.41, 5.74) is -5.18. The Balaban J connectivity index is 2.58. The van der Waals surface area contributed by atoms with Crippen LogP contribution in [0.4, 0.5) is 26.3 Å². The van der Waals surface area contributed by atoms with Crippen molar-refractivity contribution >= 4 is 6.29 Å². The maximum absolute atomic E-state index is 13.8. The lowest BCUT2D eigenvalue weighted by Crippen LogP contribution is -2.56. The van der Waals surface area contributed by atoms with Crippen LogP contribution in [0.3, 0.4) is 0 Å². The molecule has 0 heterocycles. The Kier molecular flexibility index (Phi) is 7.72. The monoisotopic (exact) mass is 450 g/mol. The Labute approximate surface area is 174 Å². The van der Waals surface area contributed by atoms with Gasteiger partial charge >= 0.3 is 12.4 Å². The van der Waals surface area contributed by atoms with Crippen LogP contribution in [0.5, 0.6) is 11.5 Å². The van der Waals surface area contributed by atoms with Gasteiger partial charge in [-0.25, -0.2) is 0 Å². The normalized spacial score (nSPS) is 12.6. The highest BCUT2D eigenvalue weighted by molar-refractivity contribution is 5.74. The Morgan fingerprint density at radius 2 is 1.55 bits per heavy atom. The van der Waals surface area contributed by atoms with Gasteiger partial charge in [0.2, 0.25) is 0 Å². The Bertz CT molecular complexity index is 861. The van der Waals surface area contributed by atoms with Gasteiger partial charge in [-0.1, -0.05) is 19.4 Å². The quantitative estimate of drug-likeness (QED) is 0.260. The molecule has 0 aliphatic heterocycles. The zero-order chi connectivity index (χ0) is 23.3. The van der Waals surface area contributed by atoms with E-state index in [4.69, 9.17) is 4.74 Å². The molecule has 0 amide bonds. The van der Waals surface area contributed by atoms with Crippen molar-refractivity contribution in [1.29, 1.82) is 0 Å². The molecule has 2 aromatic carbocycles. The summed E-state index contributed by atoms with van der Waals surface area (Å²) < 4.78 is 96.8. The molecule has 0 N–H and O–H groups in total. The second-order valence-corrected chi connectivity index (χ2v) is 6.59. The largest absolute Gasteiger partial charge is 0.457 e. The number of carbonyl (C=O) groups excluding carboxylic acids is 1. The molecule has 0 saturated carbocycles. The second-order valence-electron chi connectivity index (χ2n) is 6.59. The van der Waals surface area contributed by atoms with Gasteiger partial charge in [0, 0.05) is 18.2 Å². The fourth-order valence-electron chi connectivity index (χ4n) is 2.99. The number of hydrogen-bond acceptors (Lipinski definition) is 4. The van der Waals surface area contributed by atoms with Crippen molar-refractivity contribution in [3.05, 3.63) is 59.2 Å². The van der Waals surface area contributed by atoms with Crippen molar-refractivity contribution in [2.75, 3.05) is 13.9 Å². The van der Waals surface area contributed by atoms with E-state index in [-0.39, 0.29) is 23.5 Å². The van der Waals surface area contributed by atoms with E-state index in [2.05, 4.69) is 9.47 Å². The molecule has 0 atom stereocenters. The molecule has 0 saturated heterocycles. The van der Waals surface area contributed by atoms with E-state index >= 15 is 0 Å². The molecule has 0 aliphatic carbocycles. The average Bonchev–Trinajstić information content (AvgIpc) is 2.69. The van der Waals surface area contributed by atoms with Crippen LogP contribution >= 0.6 is 0 Å². The minimum atomic E-state index is -5.81. The summed E-state index contributed by atoms with van der Waals surface area (Å²) in [7, 11) is 0.923. The summed E-state index contributed by atoms with van der Waals surface area (Å²) in [5, 5.41) is 0. The summed E-state index contributed by atoms with van der Waals surface area (Å²) in [4.78, 5) is 10.7. The molecular weight excluding hydrogens is 430 g/mol. The van der Waals surface area contributed by atoms with E-state index in [0.29, 0.717) is 24.3 Å². The van der Waals surface area contributed by atoms with Crippen molar-refractivity contribution < 1.29 is 45.3 Å². The molecule has 31 heavy (non-hydrogen) atoms. The van der Waals surface area contributed by atoms with Gasteiger partial charge in [0.1, 0.15) is 24.6 Å². The summed E-state index contributed by atoms with van der Waals surface area (Å²) in [6.45, 7) is 0.501. The second kappa shape index (κ2) is 9.69. The van der Waals surface area contributed by atoms with Crippen molar-refractivity contribution in [1.82, 2.24) is 0 Å². The van der Waals surface area contributed by atoms with Gasteiger partial charge in [-0.15, -0.1) is 0 Å². The first-order valence-electron chi connectivity index (χ1n) is 9.13. The lowest BCUT2D eigenvalue weighted by atomic mass is 9.89. The average molecular weight is 450 g/mol. The first-order valence-corrected chi connectivity index (χ1v) is 9.13.